The monoisotopic (exact) mass is 327 g/mol. The van der Waals surface area contributed by atoms with Crippen LogP contribution in [-0.4, -0.2) is 23.4 Å². The number of rotatable bonds is 7. The number of allylic oxidation sites excluding steroid dienone is 1. The maximum Gasteiger partial charge on any atom is 0.269 e. The second-order valence-electron chi connectivity index (χ2n) is 4.90. The minimum Gasteiger partial charge on any atom is -0.504 e. The maximum atomic E-state index is 10.6. The van der Waals surface area contributed by atoms with Crippen molar-refractivity contribution in [3.05, 3.63) is 70.3 Å². The summed E-state index contributed by atoms with van der Waals surface area (Å²) in [6.45, 7) is 3.66. The first kappa shape index (κ1) is 17.0. The molecule has 0 heterocycles. The Morgan fingerprint density at radius 2 is 2.08 bits per heavy atom. The van der Waals surface area contributed by atoms with Gasteiger partial charge in [0, 0.05) is 17.7 Å². The highest BCUT2D eigenvalue weighted by Gasteiger charge is 2.09. The molecule has 2 N–H and O–H groups in total. The number of nitrogens with one attached hydrogen (secondary N) is 1. The fourth-order valence-corrected chi connectivity index (χ4v) is 2.07. The minimum atomic E-state index is -0.461. The van der Waals surface area contributed by atoms with Crippen LogP contribution in [0.5, 0.6) is 11.5 Å². The predicted octanol–water partition coefficient (Wildman–Crippen LogP) is 3.48. The summed E-state index contributed by atoms with van der Waals surface area (Å²) >= 11 is 0. The summed E-state index contributed by atoms with van der Waals surface area (Å²) in [5, 5.41) is 24.7. The van der Waals surface area contributed by atoms with Crippen molar-refractivity contribution in [3.8, 4) is 11.5 Å². The van der Waals surface area contributed by atoms with Crippen LogP contribution in [0.2, 0.25) is 0 Å². The molecule has 7 heteroatoms. The van der Waals surface area contributed by atoms with Crippen LogP contribution >= 0.6 is 0 Å². The van der Waals surface area contributed by atoms with Crippen LogP contribution in [0.4, 0.5) is 11.4 Å². The van der Waals surface area contributed by atoms with Crippen LogP contribution in [0.15, 0.2) is 54.2 Å². The number of hydrogen-bond acceptors (Lipinski definition) is 6. The standard InChI is InChI=1S/C17H17N3O4/c1-3-4-13-9-12(10-16(24-2)17(13)21)11-18-19-14-5-7-15(8-6-14)20(22)23/h3,5-11,19,21H,1,4H2,2H3. The van der Waals surface area contributed by atoms with Gasteiger partial charge in [0.1, 0.15) is 0 Å². The summed E-state index contributed by atoms with van der Waals surface area (Å²) < 4.78 is 5.14. The molecule has 2 aromatic rings. The van der Waals surface area contributed by atoms with E-state index >= 15 is 0 Å². The molecule has 24 heavy (non-hydrogen) atoms. The Hall–Kier alpha value is -3.35. The number of methoxy groups -OCH3 is 1. The maximum absolute atomic E-state index is 10.6. The largest absolute Gasteiger partial charge is 0.504 e. The Bertz CT molecular complexity index is 770. The van der Waals surface area contributed by atoms with Crippen molar-refractivity contribution in [2.75, 3.05) is 12.5 Å². The molecule has 0 unspecified atom stereocenters. The first-order chi connectivity index (χ1) is 11.5. The van der Waals surface area contributed by atoms with Crippen LogP contribution in [0.3, 0.4) is 0 Å². The zero-order chi connectivity index (χ0) is 17.5. The van der Waals surface area contributed by atoms with Crippen molar-refractivity contribution in [1.82, 2.24) is 0 Å². The fourth-order valence-electron chi connectivity index (χ4n) is 2.07. The summed E-state index contributed by atoms with van der Waals surface area (Å²) in [6, 6.07) is 9.35. The Balaban J connectivity index is 2.14. The Morgan fingerprint density at radius 1 is 1.38 bits per heavy atom. The SMILES string of the molecule is C=CCc1cc(C=NNc2ccc([N+](=O)[O-])cc2)cc(OC)c1O. The van der Waals surface area contributed by atoms with Crippen LogP contribution < -0.4 is 10.2 Å². The normalized spacial score (nSPS) is 10.5. The van der Waals surface area contributed by atoms with E-state index in [0.717, 1.165) is 5.56 Å². The molecule has 0 spiro atoms. The van der Waals surface area contributed by atoms with Crippen molar-refractivity contribution in [2.24, 2.45) is 5.10 Å². The molecule has 7 nitrogen and oxygen atoms in total. The number of ether oxygens (including phenoxy) is 1. The van der Waals surface area contributed by atoms with Gasteiger partial charge in [-0.3, -0.25) is 15.5 Å². The number of hydrazone groups is 1. The summed E-state index contributed by atoms with van der Waals surface area (Å²) in [4.78, 5) is 10.1. The van der Waals surface area contributed by atoms with Crippen molar-refractivity contribution in [3.63, 3.8) is 0 Å². The molecule has 0 aliphatic rings. The zero-order valence-electron chi connectivity index (χ0n) is 13.1. The molecular formula is C17H17N3O4. The topological polar surface area (TPSA) is 97.0 Å². The molecule has 0 saturated carbocycles. The van der Waals surface area contributed by atoms with E-state index in [2.05, 4.69) is 17.1 Å². The zero-order valence-corrected chi connectivity index (χ0v) is 13.1. The average molecular weight is 327 g/mol. The van der Waals surface area contributed by atoms with Crippen LogP contribution in [-0.2, 0) is 6.42 Å². The molecule has 0 bridgehead atoms. The van der Waals surface area contributed by atoms with E-state index in [9.17, 15) is 15.2 Å². The van der Waals surface area contributed by atoms with Gasteiger partial charge in [0.2, 0.25) is 0 Å². The second-order valence-corrected chi connectivity index (χ2v) is 4.90. The number of aromatic hydroxyl groups is 1. The minimum absolute atomic E-state index is 0.0156. The average Bonchev–Trinajstić information content (AvgIpc) is 2.58. The third kappa shape index (κ3) is 4.10. The lowest BCUT2D eigenvalue weighted by Gasteiger charge is -2.09. The van der Waals surface area contributed by atoms with E-state index in [-0.39, 0.29) is 11.4 Å². The van der Waals surface area contributed by atoms with E-state index in [1.54, 1.807) is 36.6 Å². The lowest BCUT2D eigenvalue weighted by atomic mass is 10.1. The van der Waals surface area contributed by atoms with Gasteiger partial charge < -0.3 is 9.84 Å². The van der Waals surface area contributed by atoms with E-state index < -0.39 is 4.92 Å². The number of anilines is 1. The van der Waals surface area contributed by atoms with E-state index in [4.69, 9.17) is 4.74 Å². The van der Waals surface area contributed by atoms with Gasteiger partial charge in [0.25, 0.3) is 5.69 Å². The number of benzene rings is 2. The van der Waals surface area contributed by atoms with Crippen LogP contribution in [0, 0.1) is 10.1 Å². The number of nitrogens with zero attached hydrogens (tertiary/aromatic N) is 2. The first-order valence-electron chi connectivity index (χ1n) is 7.09. The lowest BCUT2D eigenvalue weighted by Crippen LogP contribution is -1.95. The fraction of sp³-hybridized carbons (Fsp3) is 0.118. The lowest BCUT2D eigenvalue weighted by molar-refractivity contribution is -0.384. The number of phenols is 1. The quantitative estimate of drug-likeness (QED) is 0.351. The predicted molar refractivity (Wildman–Crippen MR) is 92.9 cm³/mol. The molecule has 124 valence electrons. The summed E-state index contributed by atoms with van der Waals surface area (Å²) in [5.41, 5.74) is 4.84. The van der Waals surface area contributed by atoms with Gasteiger partial charge in [-0.2, -0.15) is 5.10 Å². The number of phenolic OH excluding ortho intramolecular Hbond substituents is 1. The molecule has 0 aliphatic heterocycles. The smallest absolute Gasteiger partial charge is 0.269 e. The van der Waals surface area contributed by atoms with E-state index in [1.165, 1.54) is 19.2 Å². The summed E-state index contributed by atoms with van der Waals surface area (Å²) in [6.07, 6.45) is 3.75. The number of nitro groups is 1. The molecule has 0 saturated heterocycles. The molecule has 0 aromatic heterocycles. The first-order valence-corrected chi connectivity index (χ1v) is 7.09. The van der Waals surface area contributed by atoms with Gasteiger partial charge in [0.15, 0.2) is 11.5 Å². The van der Waals surface area contributed by atoms with Crippen LogP contribution in [0.25, 0.3) is 0 Å². The van der Waals surface area contributed by atoms with Gasteiger partial charge >= 0.3 is 0 Å². The van der Waals surface area contributed by atoms with Gasteiger partial charge in [-0.1, -0.05) is 6.08 Å². The van der Waals surface area contributed by atoms with Crippen molar-refractivity contribution >= 4 is 17.6 Å². The van der Waals surface area contributed by atoms with Gasteiger partial charge in [0.05, 0.1) is 23.9 Å². The van der Waals surface area contributed by atoms with E-state index in [1.807, 2.05) is 0 Å². The molecule has 0 fully saturated rings. The molecule has 0 aliphatic carbocycles. The molecule has 0 amide bonds. The highest BCUT2D eigenvalue weighted by Crippen LogP contribution is 2.31. The highest BCUT2D eigenvalue weighted by atomic mass is 16.6. The van der Waals surface area contributed by atoms with Crippen molar-refractivity contribution < 1.29 is 14.8 Å². The van der Waals surface area contributed by atoms with Crippen LogP contribution in [0.1, 0.15) is 11.1 Å². The van der Waals surface area contributed by atoms with E-state index in [0.29, 0.717) is 23.4 Å². The molecule has 2 rings (SSSR count). The molecular weight excluding hydrogens is 310 g/mol. The molecule has 0 radical (unpaired) electrons. The molecule has 2 aromatic carbocycles. The number of non-ortho nitro benzene ring substituents is 1. The van der Waals surface area contributed by atoms with Crippen molar-refractivity contribution in [2.45, 2.75) is 6.42 Å². The summed E-state index contributed by atoms with van der Waals surface area (Å²) in [7, 11) is 1.47. The summed E-state index contributed by atoms with van der Waals surface area (Å²) in [5.74, 6) is 0.434. The Kier molecular flexibility index (Phi) is 5.51. The second kappa shape index (κ2) is 7.77. The Morgan fingerprint density at radius 3 is 2.67 bits per heavy atom. The third-order valence-electron chi connectivity index (χ3n) is 3.25. The number of nitro benzene ring substituents is 1. The van der Waals surface area contributed by atoms with Gasteiger partial charge in [-0.05, 0) is 36.2 Å². The van der Waals surface area contributed by atoms with Gasteiger partial charge in [-0.15, -0.1) is 6.58 Å². The number of hydrogen-bond donors (Lipinski definition) is 2. The van der Waals surface area contributed by atoms with Gasteiger partial charge in [-0.25, -0.2) is 0 Å². The Labute approximate surface area is 139 Å². The third-order valence-corrected chi connectivity index (χ3v) is 3.25. The highest BCUT2D eigenvalue weighted by molar-refractivity contribution is 5.82. The van der Waals surface area contributed by atoms with Crippen molar-refractivity contribution in [1.29, 1.82) is 0 Å². The molecule has 0 atom stereocenters.